The first-order valence-electron chi connectivity index (χ1n) is 8.12. The highest BCUT2D eigenvalue weighted by atomic mass is 32.1. The van der Waals surface area contributed by atoms with Gasteiger partial charge in [0.1, 0.15) is 16.4 Å². The Bertz CT molecular complexity index is 844. The molecule has 1 aromatic carbocycles. The Hall–Kier alpha value is -2.80. The maximum absolute atomic E-state index is 12.7. The van der Waals surface area contributed by atoms with E-state index in [9.17, 15) is 4.79 Å². The minimum absolute atomic E-state index is 0.0147. The van der Waals surface area contributed by atoms with Crippen LogP contribution in [-0.4, -0.2) is 51.9 Å². The number of piperazine rings is 1. The number of carbonyl (C=O) groups excluding carboxylic acids is 1. The molecule has 7 heteroatoms. The van der Waals surface area contributed by atoms with Crippen molar-refractivity contribution in [1.29, 1.82) is 0 Å². The highest BCUT2D eigenvalue weighted by molar-refractivity contribution is 7.13. The lowest BCUT2D eigenvalue weighted by molar-refractivity contribution is 0.0742. The average Bonchev–Trinajstić information content (AvgIpc) is 3.19. The van der Waals surface area contributed by atoms with Gasteiger partial charge in [0.25, 0.3) is 5.91 Å². The minimum atomic E-state index is -0.0147. The van der Waals surface area contributed by atoms with E-state index in [0.29, 0.717) is 24.5 Å². The standard InChI is InChI=1S/C18H17N5OS/c24-18(16-13-25-17(21-16)15-12-19-6-7-20-15)23-10-8-22(9-11-23)14-4-2-1-3-5-14/h1-7,12-13H,8-11H2. The van der Waals surface area contributed by atoms with Crippen molar-refractivity contribution in [1.82, 2.24) is 19.9 Å². The summed E-state index contributed by atoms with van der Waals surface area (Å²) in [6.45, 7) is 3.06. The summed E-state index contributed by atoms with van der Waals surface area (Å²) in [5, 5.41) is 2.52. The van der Waals surface area contributed by atoms with E-state index in [1.54, 1.807) is 24.0 Å². The summed E-state index contributed by atoms with van der Waals surface area (Å²) in [7, 11) is 0. The summed E-state index contributed by atoms with van der Waals surface area (Å²) in [4.78, 5) is 29.6. The van der Waals surface area contributed by atoms with Crippen molar-refractivity contribution < 1.29 is 4.79 Å². The van der Waals surface area contributed by atoms with Crippen LogP contribution in [0.1, 0.15) is 10.5 Å². The number of amides is 1. The van der Waals surface area contributed by atoms with E-state index in [-0.39, 0.29) is 5.91 Å². The smallest absolute Gasteiger partial charge is 0.273 e. The summed E-state index contributed by atoms with van der Waals surface area (Å²) >= 11 is 1.42. The van der Waals surface area contributed by atoms with Gasteiger partial charge in [0.15, 0.2) is 0 Å². The molecule has 0 N–H and O–H groups in total. The second kappa shape index (κ2) is 6.98. The number of nitrogens with zero attached hydrogens (tertiary/aromatic N) is 5. The van der Waals surface area contributed by atoms with Gasteiger partial charge in [0.05, 0.1) is 6.20 Å². The number of hydrogen-bond donors (Lipinski definition) is 0. The first-order chi connectivity index (χ1) is 12.3. The van der Waals surface area contributed by atoms with Crippen molar-refractivity contribution in [3.05, 3.63) is 60.0 Å². The van der Waals surface area contributed by atoms with Gasteiger partial charge in [-0.2, -0.15) is 0 Å². The van der Waals surface area contributed by atoms with E-state index in [4.69, 9.17) is 0 Å². The van der Waals surface area contributed by atoms with Crippen molar-refractivity contribution >= 4 is 22.9 Å². The maximum atomic E-state index is 12.7. The molecule has 4 rings (SSSR count). The molecule has 1 aliphatic heterocycles. The SMILES string of the molecule is O=C(c1csc(-c2cnccn2)n1)N1CCN(c2ccccc2)CC1. The van der Waals surface area contributed by atoms with Crippen molar-refractivity contribution in [3.63, 3.8) is 0 Å². The van der Waals surface area contributed by atoms with E-state index >= 15 is 0 Å². The van der Waals surface area contributed by atoms with Crippen LogP contribution in [0.2, 0.25) is 0 Å². The van der Waals surface area contributed by atoms with E-state index < -0.39 is 0 Å². The van der Waals surface area contributed by atoms with Gasteiger partial charge in [-0.15, -0.1) is 11.3 Å². The number of anilines is 1. The van der Waals surface area contributed by atoms with Gasteiger partial charge in [0.2, 0.25) is 0 Å². The molecule has 2 aromatic heterocycles. The van der Waals surface area contributed by atoms with E-state index in [1.165, 1.54) is 17.0 Å². The van der Waals surface area contributed by atoms with Crippen LogP contribution in [-0.2, 0) is 0 Å². The molecule has 1 amide bonds. The number of aromatic nitrogens is 3. The number of carbonyl (C=O) groups is 1. The summed E-state index contributed by atoms with van der Waals surface area (Å²) in [5.74, 6) is -0.0147. The third-order valence-corrected chi connectivity index (χ3v) is 5.06. The molecule has 1 saturated heterocycles. The molecule has 0 radical (unpaired) electrons. The summed E-state index contributed by atoms with van der Waals surface area (Å²) in [6.07, 6.45) is 4.90. The van der Waals surface area contributed by atoms with E-state index in [0.717, 1.165) is 18.1 Å². The summed E-state index contributed by atoms with van der Waals surface area (Å²) < 4.78 is 0. The Morgan fingerprint density at radius 3 is 2.56 bits per heavy atom. The normalized spacial score (nSPS) is 14.6. The van der Waals surface area contributed by atoms with E-state index in [1.807, 2.05) is 23.1 Å². The van der Waals surface area contributed by atoms with E-state index in [2.05, 4.69) is 32.0 Å². The molecule has 0 bridgehead atoms. The molecule has 6 nitrogen and oxygen atoms in total. The lowest BCUT2D eigenvalue weighted by Crippen LogP contribution is -2.48. The lowest BCUT2D eigenvalue weighted by Gasteiger charge is -2.35. The maximum Gasteiger partial charge on any atom is 0.273 e. The van der Waals surface area contributed by atoms with Gasteiger partial charge in [-0.3, -0.25) is 14.8 Å². The first kappa shape index (κ1) is 15.7. The molecule has 0 atom stereocenters. The third-order valence-electron chi connectivity index (χ3n) is 4.19. The van der Waals surface area contributed by atoms with Crippen LogP contribution in [0.3, 0.4) is 0 Å². The zero-order chi connectivity index (χ0) is 17.1. The monoisotopic (exact) mass is 351 g/mol. The molecular formula is C18H17N5OS. The summed E-state index contributed by atoms with van der Waals surface area (Å²) in [5.41, 5.74) is 2.38. The fourth-order valence-electron chi connectivity index (χ4n) is 2.87. The quantitative estimate of drug-likeness (QED) is 0.726. The van der Waals surface area contributed by atoms with Crippen molar-refractivity contribution in [2.75, 3.05) is 31.1 Å². The second-order valence-corrected chi connectivity index (χ2v) is 6.60. The Morgan fingerprint density at radius 1 is 1.04 bits per heavy atom. The van der Waals surface area contributed by atoms with Gasteiger partial charge in [0, 0.05) is 49.6 Å². The lowest BCUT2D eigenvalue weighted by atomic mass is 10.2. The summed E-state index contributed by atoms with van der Waals surface area (Å²) in [6, 6.07) is 10.3. The van der Waals surface area contributed by atoms with Gasteiger partial charge in [-0.05, 0) is 12.1 Å². The highest BCUT2D eigenvalue weighted by Crippen LogP contribution is 2.22. The van der Waals surface area contributed by atoms with Gasteiger partial charge in [-0.1, -0.05) is 18.2 Å². The Labute approximate surface area is 149 Å². The number of benzene rings is 1. The fraction of sp³-hybridized carbons (Fsp3) is 0.222. The largest absolute Gasteiger partial charge is 0.368 e. The third kappa shape index (κ3) is 3.36. The molecule has 0 saturated carbocycles. The Morgan fingerprint density at radius 2 is 1.84 bits per heavy atom. The van der Waals surface area contributed by atoms with Crippen LogP contribution in [0.5, 0.6) is 0 Å². The molecule has 1 fully saturated rings. The van der Waals surface area contributed by atoms with Crippen LogP contribution < -0.4 is 4.90 Å². The minimum Gasteiger partial charge on any atom is -0.368 e. The average molecular weight is 351 g/mol. The number of hydrogen-bond acceptors (Lipinski definition) is 6. The number of thiazole rings is 1. The Balaban J connectivity index is 1.42. The molecule has 3 heterocycles. The first-order valence-corrected chi connectivity index (χ1v) is 9.00. The zero-order valence-electron chi connectivity index (χ0n) is 13.6. The van der Waals surface area contributed by atoms with Crippen molar-refractivity contribution in [2.45, 2.75) is 0 Å². The topological polar surface area (TPSA) is 62.2 Å². The predicted octanol–water partition coefficient (Wildman–Crippen LogP) is 2.56. The van der Waals surface area contributed by atoms with Crippen molar-refractivity contribution in [3.8, 4) is 10.7 Å². The molecule has 1 aliphatic rings. The molecule has 0 aliphatic carbocycles. The highest BCUT2D eigenvalue weighted by Gasteiger charge is 2.24. The van der Waals surface area contributed by atoms with Gasteiger partial charge < -0.3 is 9.80 Å². The molecule has 126 valence electrons. The Kier molecular flexibility index (Phi) is 4.39. The van der Waals surface area contributed by atoms with Crippen LogP contribution >= 0.6 is 11.3 Å². The number of rotatable bonds is 3. The van der Waals surface area contributed by atoms with Crippen LogP contribution in [0.15, 0.2) is 54.3 Å². The van der Waals surface area contributed by atoms with Crippen LogP contribution in [0.25, 0.3) is 10.7 Å². The van der Waals surface area contributed by atoms with Gasteiger partial charge >= 0.3 is 0 Å². The molecule has 3 aromatic rings. The van der Waals surface area contributed by atoms with Crippen LogP contribution in [0.4, 0.5) is 5.69 Å². The fourth-order valence-corrected chi connectivity index (χ4v) is 3.62. The van der Waals surface area contributed by atoms with Crippen LogP contribution in [0, 0.1) is 0 Å². The van der Waals surface area contributed by atoms with Crippen molar-refractivity contribution in [2.24, 2.45) is 0 Å². The molecule has 0 spiro atoms. The number of para-hydroxylation sites is 1. The predicted molar refractivity (Wildman–Crippen MR) is 97.7 cm³/mol. The zero-order valence-corrected chi connectivity index (χ0v) is 14.4. The molecule has 0 unspecified atom stereocenters. The van der Waals surface area contributed by atoms with Gasteiger partial charge in [-0.25, -0.2) is 4.98 Å². The second-order valence-electron chi connectivity index (χ2n) is 5.74. The molecular weight excluding hydrogens is 334 g/mol. The molecule has 25 heavy (non-hydrogen) atoms.